The van der Waals surface area contributed by atoms with Gasteiger partial charge >= 0.3 is 0 Å². The SMILES string of the molecule is CCCC(C)NC(=O)CSc1nnc(-c2ccc(OC)cc2OC)o1. The molecule has 0 aliphatic carbocycles. The molecule has 8 heteroatoms. The summed E-state index contributed by atoms with van der Waals surface area (Å²) in [5.41, 5.74) is 0.670. The van der Waals surface area contributed by atoms with Crippen molar-refractivity contribution in [1.29, 1.82) is 0 Å². The van der Waals surface area contributed by atoms with Gasteiger partial charge < -0.3 is 19.2 Å². The summed E-state index contributed by atoms with van der Waals surface area (Å²) >= 11 is 1.21. The van der Waals surface area contributed by atoms with Crippen LogP contribution in [0.2, 0.25) is 0 Å². The fourth-order valence-electron chi connectivity index (χ4n) is 2.30. The molecule has 7 nitrogen and oxygen atoms in total. The van der Waals surface area contributed by atoms with Crippen molar-refractivity contribution >= 4 is 17.7 Å². The predicted octanol–water partition coefficient (Wildman–Crippen LogP) is 3.15. The van der Waals surface area contributed by atoms with E-state index in [0.717, 1.165) is 12.8 Å². The monoisotopic (exact) mass is 365 g/mol. The number of aromatic nitrogens is 2. The number of amides is 1. The summed E-state index contributed by atoms with van der Waals surface area (Å²) in [7, 11) is 3.15. The summed E-state index contributed by atoms with van der Waals surface area (Å²) < 4.78 is 16.1. The number of thioether (sulfide) groups is 1. The predicted molar refractivity (Wildman–Crippen MR) is 96.1 cm³/mol. The van der Waals surface area contributed by atoms with E-state index < -0.39 is 0 Å². The number of nitrogens with zero attached hydrogens (tertiary/aromatic N) is 2. The molecule has 1 aromatic heterocycles. The molecule has 1 aromatic carbocycles. The molecule has 1 amide bonds. The van der Waals surface area contributed by atoms with Crippen LogP contribution in [-0.4, -0.2) is 42.1 Å². The minimum Gasteiger partial charge on any atom is -0.497 e. The maximum absolute atomic E-state index is 11.9. The zero-order valence-electron chi connectivity index (χ0n) is 14.9. The van der Waals surface area contributed by atoms with Crippen LogP contribution in [0.4, 0.5) is 0 Å². The molecule has 0 bridgehead atoms. The maximum Gasteiger partial charge on any atom is 0.277 e. The Morgan fingerprint density at radius 2 is 2.12 bits per heavy atom. The Labute approximate surface area is 151 Å². The second-order valence-corrected chi connectivity index (χ2v) is 6.41. The summed E-state index contributed by atoms with van der Waals surface area (Å²) in [6.07, 6.45) is 1.99. The molecule has 0 aliphatic rings. The first-order valence-electron chi connectivity index (χ1n) is 8.05. The molecule has 1 unspecified atom stereocenters. The molecule has 1 heterocycles. The highest BCUT2D eigenvalue weighted by Gasteiger charge is 2.16. The highest BCUT2D eigenvalue weighted by atomic mass is 32.2. The first-order chi connectivity index (χ1) is 12.1. The summed E-state index contributed by atoms with van der Waals surface area (Å²) in [6, 6.07) is 5.49. The maximum atomic E-state index is 11.9. The van der Waals surface area contributed by atoms with E-state index in [-0.39, 0.29) is 17.7 Å². The number of carbonyl (C=O) groups is 1. The van der Waals surface area contributed by atoms with E-state index in [1.54, 1.807) is 32.4 Å². The van der Waals surface area contributed by atoms with E-state index in [0.29, 0.717) is 28.2 Å². The molecule has 25 heavy (non-hydrogen) atoms. The van der Waals surface area contributed by atoms with Crippen molar-refractivity contribution in [3.63, 3.8) is 0 Å². The van der Waals surface area contributed by atoms with Gasteiger partial charge in [0.15, 0.2) is 0 Å². The summed E-state index contributed by atoms with van der Waals surface area (Å²) in [5.74, 6) is 1.77. The second kappa shape index (κ2) is 9.31. The molecule has 136 valence electrons. The van der Waals surface area contributed by atoms with Gasteiger partial charge in [-0.3, -0.25) is 4.79 Å². The van der Waals surface area contributed by atoms with E-state index in [2.05, 4.69) is 22.4 Å². The number of rotatable bonds is 9. The average molecular weight is 365 g/mol. The van der Waals surface area contributed by atoms with E-state index in [4.69, 9.17) is 13.9 Å². The van der Waals surface area contributed by atoms with Gasteiger partial charge in [-0.25, -0.2) is 0 Å². The van der Waals surface area contributed by atoms with Crippen LogP contribution in [-0.2, 0) is 4.79 Å². The number of hydrogen-bond donors (Lipinski definition) is 1. The number of carbonyl (C=O) groups excluding carboxylic acids is 1. The molecule has 1 N–H and O–H groups in total. The first-order valence-corrected chi connectivity index (χ1v) is 9.04. The highest BCUT2D eigenvalue weighted by molar-refractivity contribution is 7.99. The minimum atomic E-state index is -0.0484. The Morgan fingerprint density at radius 3 is 2.80 bits per heavy atom. The average Bonchev–Trinajstić information content (AvgIpc) is 3.08. The number of benzene rings is 1. The smallest absolute Gasteiger partial charge is 0.277 e. The lowest BCUT2D eigenvalue weighted by Crippen LogP contribution is -2.33. The fourth-order valence-corrected chi connectivity index (χ4v) is 2.88. The number of methoxy groups -OCH3 is 2. The van der Waals surface area contributed by atoms with Gasteiger partial charge in [-0.2, -0.15) is 0 Å². The third kappa shape index (κ3) is 5.38. The molecular formula is C17H23N3O4S. The van der Waals surface area contributed by atoms with Crippen molar-refractivity contribution < 1.29 is 18.7 Å². The van der Waals surface area contributed by atoms with Gasteiger partial charge in [0, 0.05) is 12.1 Å². The lowest BCUT2D eigenvalue weighted by molar-refractivity contribution is -0.119. The molecule has 0 saturated heterocycles. The minimum absolute atomic E-state index is 0.0484. The van der Waals surface area contributed by atoms with Crippen molar-refractivity contribution in [2.24, 2.45) is 0 Å². The Morgan fingerprint density at radius 1 is 1.32 bits per heavy atom. The van der Waals surface area contributed by atoms with Gasteiger partial charge in [-0.1, -0.05) is 25.1 Å². The molecule has 0 aliphatic heterocycles. The van der Waals surface area contributed by atoms with Crippen molar-refractivity contribution in [2.45, 2.75) is 38.0 Å². The van der Waals surface area contributed by atoms with E-state index in [1.165, 1.54) is 11.8 Å². The largest absolute Gasteiger partial charge is 0.497 e. The summed E-state index contributed by atoms with van der Waals surface area (Å²) in [4.78, 5) is 11.9. The molecule has 0 spiro atoms. The normalized spacial score (nSPS) is 11.8. The summed E-state index contributed by atoms with van der Waals surface area (Å²) in [6.45, 7) is 4.08. The Bertz CT molecular complexity index is 705. The van der Waals surface area contributed by atoms with Gasteiger partial charge in [0.25, 0.3) is 11.1 Å². The van der Waals surface area contributed by atoms with Crippen LogP contribution in [0.1, 0.15) is 26.7 Å². The van der Waals surface area contributed by atoms with Gasteiger partial charge in [0.1, 0.15) is 11.5 Å². The van der Waals surface area contributed by atoms with Gasteiger partial charge in [0.05, 0.1) is 25.5 Å². The lowest BCUT2D eigenvalue weighted by Gasteiger charge is -2.11. The molecular weight excluding hydrogens is 342 g/mol. The van der Waals surface area contributed by atoms with Crippen LogP contribution in [0.25, 0.3) is 11.5 Å². The van der Waals surface area contributed by atoms with E-state index in [1.807, 2.05) is 6.92 Å². The topological polar surface area (TPSA) is 86.5 Å². The van der Waals surface area contributed by atoms with Crippen molar-refractivity contribution in [1.82, 2.24) is 15.5 Å². The highest BCUT2D eigenvalue weighted by Crippen LogP contribution is 2.33. The quantitative estimate of drug-likeness (QED) is 0.683. The van der Waals surface area contributed by atoms with Crippen LogP contribution < -0.4 is 14.8 Å². The van der Waals surface area contributed by atoms with Crippen LogP contribution in [0.5, 0.6) is 11.5 Å². The Kier molecular flexibility index (Phi) is 7.12. The molecule has 0 saturated carbocycles. The number of hydrogen-bond acceptors (Lipinski definition) is 7. The Balaban J connectivity index is 1.99. The molecule has 0 fully saturated rings. The lowest BCUT2D eigenvalue weighted by atomic mass is 10.2. The Hall–Kier alpha value is -2.22. The van der Waals surface area contributed by atoms with Crippen LogP contribution in [0, 0.1) is 0 Å². The molecule has 2 rings (SSSR count). The van der Waals surface area contributed by atoms with E-state index >= 15 is 0 Å². The van der Waals surface area contributed by atoms with Gasteiger partial charge in [-0.05, 0) is 25.5 Å². The van der Waals surface area contributed by atoms with Crippen LogP contribution >= 0.6 is 11.8 Å². The first kappa shape index (κ1) is 19.1. The standard InChI is InChI=1S/C17H23N3O4S/c1-5-6-11(2)18-15(21)10-25-17-20-19-16(24-17)13-8-7-12(22-3)9-14(13)23-4/h7-9,11H,5-6,10H2,1-4H3,(H,18,21). The summed E-state index contributed by atoms with van der Waals surface area (Å²) in [5, 5.41) is 11.3. The van der Waals surface area contributed by atoms with Crippen molar-refractivity contribution in [3.8, 4) is 23.0 Å². The third-order valence-electron chi connectivity index (χ3n) is 3.50. The molecule has 1 atom stereocenters. The number of ether oxygens (including phenoxy) is 2. The van der Waals surface area contributed by atoms with Crippen LogP contribution in [0.15, 0.2) is 27.8 Å². The van der Waals surface area contributed by atoms with Crippen molar-refractivity contribution in [2.75, 3.05) is 20.0 Å². The molecule has 0 radical (unpaired) electrons. The van der Waals surface area contributed by atoms with Crippen LogP contribution in [0.3, 0.4) is 0 Å². The number of nitrogens with one attached hydrogen (secondary N) is 1. The zero-order valence-corrected chi connectivity index (χ0v) is 15.7. The second-order valence-electron chi connectivity index (χ2n) is 5.49. The third-order valence-corrected chi connectivity index (χ3v) is 4.32. The van der Waals surface area contributed by atoms with Crippen molar-refractivity contribution in [3.05, 3.63) is 18.2 Å². The fraction of sp³-hybridized carbons (Fsp3) is 0.471. The zero-order chi connectivity index (χ0) is 18.2. The molecule has 2 aromatic rings. The van der Waals surface area contributed by atoms with Gasteiger partial charge in [0.2, 0.25) is 5.91 Å². The van der Waals surface area contributed by atoms with E-state index in [9.17, 15) is 4.79 Å². The van der Waals surface area contributed by atoms with Gasteiger partial charge in [-0.15, -0.1) is 10.2 Å².